The zero-order chi connectivity index (χ0) is 19.4. The van der Waals surface area contributed by atoms with Crippen LogP contribution in [-0.2, 0) is 9.09 Å². The Bertz CT molecular complexity index is 288. The second-order valence-corrected chi connectivity index (χ2v) is 7.05. The van der Waals surface area contributed by atoms with Gasteiger partial charge in [-0.15, -0.1) is 0 Å². The van der Waals surface area contributed by atoms with Gasteiger partial charge in [-0.3, -0.25) is 9.42 Å². The molecule has 25 heavy (non-hydrogen) atoms. The van der Waals surface area contributed by atoms with Gasteiger partial charge in [0.1, 0.15) is 0 Å². The van der Waals surface area contributed by atoms with Gasteiger partial charge in [-0.25, -0.2) is 4.57 Å². The Morgan fingerprint density at radius 2 is 1.16 bits per heavy atom. The minimum atomic E-state index is -4.24. The van der Waals surface area contributed by atoms with Gasteiger partial charge in [0.25, 0.3) is 0 Å². The van der Waals surface area contributed by atoms with Crippen LogP contribution in [0.4, 0.5) is 0 Å². The predicted molar refractivity (Wildman–Crippen MR) is 98.3 cm³/mol. The average Bonchev–Trinajstić information content (AvgIpc) is 2.54. The van der Waals surface area contributed by atoms with Crippen molar-refractivity contribution in [3.63, 3.8) is 0 Å². The first-order valence-corrected chi connectivity index (χ1v) is 10.7. The Balaban J connectivity index is 0. The fourth-order valence-electron chi connectivity index (χ4n) is 2.18. The summed E-state index contributed by atoms with van der Waals surface area (Å²) in [4.78, 5) is 18.6. The molecule has 5 N–H and O–H groups in total. The largest absolute Gasteiger partial charge is 0.469 e. The summed E-state index contributed by atoms with van der Waals surface area (Å²) in [5.41, 5.74) is 0. The van der Waals surface area contributed by atoms with E-state index in [0.717, 1.165) is 19.3 Å². The van der Waals surface area contributed by atoms with Crippen LogP contribution in [0.3, 0.4) is 0 Å². The highest BCUT2D eigenvalue weighted by molar-refractivity contribution is 7.46. The lowest BCUT2D eigenvalue weighted by Crippen LogP contribution is -2.32. The van der Waals surface area contributed by atoms with Gasteiger partial charge >= 0.3 is 7.82 Å². The molecule has 0 radical (unpaired) electrons. The molecule has 0 aromatic rings. The van der Waals surface area contributed by atoms with Crippen molar-refractivity contribution in [3.8, 4) is 0 Å². The van der Waals surface area contributed by atoms with Gasteiger partial charge in [-0.2, -0.15) is 0 Å². The molecule has 0 saturated heterocycles. The van der Waals surface area contributed by atoms with Crippen LogP contribution in [0.15, 0.2) is 0 Å². The molecule has 0 rings (SSSR count). The van der Waals surface area contributed by atoms with Crippen molar-refractivity contribution in [1.82, 2.24) is 4.90 Å². The summed E-state index contributed by atoms with van der Waals surface area (Å²) in [5, 5.41) is 25.5. The van der Waals surface area contributed by atoms with E-state index in [4.69, 9.17) is 25.1 Å². The number of nitrogens with zero attached hydrogens (tertiary/aromatic N) is 1. The standard InChI is InChI=1S/C10H23O4P.C6H15NO3/c1-2-3-4-5-6-7-8-9-10-14-15(11,12)13;8-4-1-7(2-5-9)3-6-10/h2-10H2,1H3,(H2,11,12,13);8-10H,1-6H2. The summed E-state index contributed by atoms with van der Waals surface area (Å²) < 4.78 is 14.7. The minimum Gasteiger partial charge on any atom is -0.395 e. The van der Waals surface area contributed by atoms with Crippen LogP contribution < -0.4 is 0 Å². The molecule has 0 aliphatic rings. The quantitative estimate of drug-likeness (QED) is 0.199. The fraction of sp³-hybridized carbons (Fsp3) is 1.00. The summed E-state index contributed by atoms with van der Waals surface area (Å²) >= 11 is 0. The van der Waals surface area contributed by atoms with Crippen molar-refractivity contribution < 1.29 is 34.2 Å². The molecular weight excluding hydrogens is 349 g/mol. The highest BCUT2D eigenvalue weighted by Crippen LogP contribution is 2.35. The van der Waals surface area contributed by atoms with Crippen molar-refractivity contribution >= 4 is 7.82 Å². The molecule has 9 heteroatoms. The van der Waals surface area contributed by atoms with Gasteiger partial charge in [0.15, 0.2) is 0 Å². The van der Waals surface area contributed by atoms with Crippen LogP contribution in [-0.4, -0.2) is 76.1 Å². The molecule has 0 bridgehead atoms. The summed E-state index contributed by atoms with van der Waals surface area (Å²) in [7, 11) is -4.24. The molecule has 0 aliphatic heterocycles. The van der Waals surface area contributed by atoms with Crippen molar-refractivity contribution in [2.24, 2.45) is 0 Å². The summed E-state index contributed by atoms with van der Waals surface area (Å²) in [6, 6.07) is 0. The zero-order valence-corrected chi connectivity index (χ0v) is 16.4. The molecule has 0 aliphatic carbocycles. The van der Waals surface area contributed by atoms with Gasteiger partial charge in [0.05, 0.1) is 26.4 Å². The van der Waals surface area contributed by atoms with E-state index in [1.807, 2.05) is 0 Å². The number of hydrogen-bond donors (Lipinski definition) is 5. The molecule has 0 spiro atoms. The number of hydrogen-bond acceptors (Lipinski definition) is 6. The first kappa shape index (κ1) is 27.2. The smallest absolute Gasteiger partial charge is 0.395 e. The Morgan fingerprint density at radius 3 is 1.52 bits per heavy atom. The zero-order valence-electron chi connectivity index (χ0n) is 15.6. The molecule has 0 amide bonds. The minimum absolute atomic E-state index is 0.0694. The monoisotopic (exact) mass is 387 g/mol. The van der Waals surface area contributed by atoms with Crippen molar-refractivity contribution in [3.05, 3.63) is 0 Å². The molecule has 154 valence electrons. The maximum Gasteiger partial charge on any atom is 0.469 e. The predicted octanol–water partition coefficient (Wildman–Crippen LogP) is 1.50. The molecule has 0 atom stereocenters. The second kappa shape index (κ2) is 20.3. The third-order valence-electron chi connectivity index (χ3n) is 3.51. The SMILES string of the molecule is CCCCCCCCCCOP(=O)(O)O.OCCN(CCO)CCO. The number of unbranched alkanes of at least 4 members (excludes halogenated alkanes) is 7. The van der Waals surface area contributed by atoms with Crippen LogP contribution in [0, 0.1) is 0 Å². The lowest BCUT2D eigenvalue weighted by Gasteiger charge is -2.17. The molecule has 8 nitrogen and oxygen atoms in total. The van der Waals surface area contributed by atoms with E-state index >= 15 is 0 Å². The Morgan fingerprint density at radius 1 is 0.760 bits per heavy atom. The van der Waals surface area contributed by atoms with E-state index in [-0.39, 0.29) is 26.4 Å². The van der Waals surface area contributed by atoms with Gasteiger partial charge in [-0.1, -0.05) is 51.9 Å². The molecule has 0 aromatic carbocycles. The third-order valence-corrected chi connectivity index (χ3v) is 4.02. The molecule has 0 fully saturated rings. The van der Waals surface area contributed by atoms with E-state index in [9.17, 15) is 4.57 Å². The number of aliphatic hydroxyl groups is 3. The Kier molecular flexibility index (Phi) is 22.0. The van der Waals surface area contributed by atoms with Crippen LogP contribution >= 0.6 is 7.82 Å². The van der Waals surface area contributed by atoms with E-state index in [0.29, 0.717) is 19.6 Å². The first-order valence-electron chi connectivity index (χ1n) is 9.16. The van der Waals surface area contributed by atoms with Gasteiger partial charge < -0.3 is 25.1 Å². The van der Waals surface area contributed by atoms with Crippen LogP contribution in [0.5, 0.6) is 0 Å². The number of rotatable bonds is 16. The highest BCUT2D eigenvalue weighted by Gasteiger charge is 2.12. The van der Waals surface area contributed by atoms with Crippen molar-refractivity contribution in [1.29, 1.82) is 0 Å². The van der Waals surface area contributed by atoms with Gasteiger partial charge in [0, 0.05) is 19.6 Å². The molecule has 0 unspecified atom stereocenters. The fourth-order valence-corrected chi connectivity index (χ4v) is 2.55. The number of phosphoric acid groups is 1. The number of phosphoric ester groups is 1. The van der Waals surface area contributed by atoms with Crippen LogP contribution in [0.1, 0.15) is 58.3 Å². The molecular formula is C16H38NO7P. The van der Waals surface area contributed by atoms with Gasteiger partial charge in [0.2, 0.25) is 0 Å². The second-order valence-electron chi connectivity index (χ2n) is 5.81. The Labute approximate surface area is 152 Å². The average molecular weight is 387 g/mol. The van der Waals surface area contributed by atoms with Crippen molar-refractivity contribution in [2.75, 3.05) is 46.1 Å². The third kappa shape index (κ3) is 26.3. The molecule has 0 aromatic heterocycles. The normalized spacial score (nSPS) is 11.5. The van der Waals surface area contributed by atoms with E-state index in [1.54, 1.807) is 4.90 Å². The first-order chi connectivity index (χ1) is 11.9. The molecule has 0 heterocycles. The lowest BCUT2D eigenvalue weighted by molar-refractivity contribution is 0.136. The van der Waals surface area contributed by atoms with Crippen LogP contribution in [0.2, 0.25) is 0 Å². The van der Waals surface area contributed by atoms with Crippen LogP contribution in [0.25, 0.3) is 0 Å². The van der Waals surface area contributed by atoms with Gasteiger partial charge in [-0.05, 0) is 6.42 Å². The lowest BCUT2D eigenvalue weighted by atomic mass is 10.1. The van der Waals surface area contributed by atoms with Crippen molar-refractivity contribution in [2.45, 2.75) is 58.3 Å². The van der Waals surface area contributed by atoms with E-state index in [2.05, 4.69) is 11.4 Å². The topological polar surface area (TPSA) is 131 Å². The summed E-state index contributed by atoms with van der Waals surface area (Å²) in [6.45, 7) is 4.11. The number of aliphatic hydroxyl groups excluding tert-OH is 3. The maximum atomic E-state index is 10.3. The van der Waals surface area contributed by atoms with E-state index < -0.39 is 7.82 Å². The molecule has 0 saturated carbocycles. The summed E-state index contributed by atoms with van der Waals surface area (Å²) in [5.74, 6) is 0. The maximum absolute atomic E-state index is 10.3. The van der Waals surface area contributed by atoms with E-state index in [1.165, 1.54) is 32.1 Å². The highest BCUT2D eigenvalue weighted by atomic mass is 31.2. The summed E-state index contributed by atoms with van der Waals surface area (Å²) in [6.07, 6.45) is 9.22. The Hall–Kier alpha value is -0.0500.